The molecule has 234 valence electrons. The molecule has 45 heavy (non-hydrogen) atoms. The van der Waals surface area contributed by atoms with Crippen LogP contribution in [0.15, 0.2) is 59.1 Å². The topological polar surface area (TPSA) is 110 Å². The van der Waals surface area contributed by atoms with Gasteiger partial charge in [-0.1, -0.05) is 19.4 Å². The van der Waals surface area contributed by atoms with Crippen LogP contribution in [-0.4, -0.2) is 68.4 Å². The van der Waals surface area contributed by atoms with Gasteiger partial charge in [-0.2, -0.15) is 5.26 Å². The van der Waals surface area contributed by atoms with Gasteiger partial charge in [-0.05, 0) is 67.3 Å². The van der Waals surface area contributed by atoms with E-state index in [4.69, 9.17) is 18.6 Å². The van der Waals surface area contributed by atoms with E-state index in [0.29, 0.717) is 58.6 Å². The molecule has 9 heteroatoms. The van der Waals surface area contributed by atoms with E-state index in [1.54, 1.807) is 19.4 Å². The van der Waals surface area contributed by atoms with Crippen molar-refractivity contribution >= 4 is 17.0 Å². The third-order valence-corrected chi connectivity index (χ3v) is 9.07. The first-order valence-corrected chi connectivity index (χ1v) is 15.8. The molecule has 1 amide bonds. The van der Waals surface area contributed by atoms with E-state index in [1.165, 1.54) is 0 Å². The van der Waals surface area contributed by atoms with Gasteiger partial charge in [0.15, 0.2) is 5.58 Å². The average Bonchev–Trinajstić information content (AvgIpc) is 3.53. The number of furan rings is 1. The van der Waals surface area contributed by atoms with Gasteiger partial charge < -0.3 is 28.8 Å². The van der Waals surface area contributed by atoms with E-state index in [2.05, 4.69) is 23.3 Å². The summed E-state index contributed by atoms with van der Waals surface area (Å²) < 4.78 is 23.8. The van der Waals surface area contributed by atoms with Crippen molar-refractivity contribution in [2.45, 2.75) is 51.2 Å². The predicted octanol–water partition coefficient (Wildman–Crippen LogP) is 6.45. The molecule has 2 aromatic carbocycles. The number of rotatable bonds is 9. The summed E-state index contributed by atoms with van der Waals surface area (Å²) in [6.45, 7) is 5.33. The number of likely N-dealkylation sites (N-methyl/N-ethyl adjacent to an activating group) is 1. The summed E-state index contributed by atoms with van der Waals surface area (Å²) in [6.07, 6.45) is 6.67. The normalized spacial score (nSPS) is 18.8. The van der Waals surface area contributed by atoms with Crippen LogP contribution in [0, 0.1) is 17.2 Å². The van der Waals surface area contributed by atoms with E-state index in [0.717, 1.165) is 61.9 Å². The van der Waals surface area contributed by atoms with Crippen molar-refractivity contribution in [1.29, 1.82) is 5.26 Å². The van der Waals surface area contributed by atoms with E-state index in [9.17, 15) is 10.1 Å². The second kappa shape index (κ2) is 13.7. The van der Waals surface area contributed by atoms with Crippen LogP contribution in [0.2, 0.25) is 0 Å². The summed E-state index contributed by atoms with van der Waals surface area (Å²) in [6, 6.07) is 17.3. The Morgan fingerprint density at radius 3 is 2.71 bits per heavy atom. The van der Waals surface area contributed by atoms with Gasteiger partial charge >= 0.3 is 0 Å². The molecule has 2 fully saturated rings. The number of nitriles is 1. The Labute approximate surface area is 264 Å². The number of amides is 1. The molecular formula is C36H40N4O5. The highest BCUT2D eigenvalue weighted by Gasteiger charge is 2.31. The number of benzene rings is 2. The minimum Gasteiger partial charge on any atom is -0.496 e. The second-order valence-electron chi connectivity index (χ2n) is 11.9. The molecule has 0 aliphatic carbocycles. The summed E-state index contributed by atoms with van der Waals surface area (Å²) in [5.74, 6) is 2.16. The van der Waals surface area contributed by atoms with Crippen molar-refractivity contribution in [3.05, 3.63) is 65.9 Å². The number of ether oxygens (including phenoxy) is 3. The lowest BCUT2D eigenvalue weighted by Gasteiger charge is -2.38. The van der Waals surface area contributed by atoms with Gasteiger partial charge in [0.05, 0.1) is 31.5 Å². The Bertz CT molecular complexity index is 1700. The molecule has 6 rings (SSSR count). The van der Waals surface area contributed by atoms with Crippen molar-refractivity contribution in [2.75, 3.05) is 40.5 Å². The summed E-state index contributed by atoms with van der Waals surface area (Å²) in [5, 5.41) is 13.4. The molecule has 4 heterocycles. The van der Waals surface area contributed by atoms with Crippen molar-refractivity contribution in [2.24, 2.45) is 5.92 Å². The van der Waals surface area contributed by atoms with Crippen LogP contribution in [0.5, 0.6) is 11.5 Å². The Balaban J connectivity index is 1.28. The molecule has 2 aromatic heterocycles. The molecule has 0 bridgehead atoms. The number of nitrogens with zero attached hydrogens (tertiary/aromatic N) is 3. The molecule has 0 radical (unpaired) electrons. The number of aromatic nitrogens is 1. The number of hydrogen-bond acceptors (Lipinski definition) is 8. The van der Waals surface area contributed by atoms with Gasteiger partial charge in [0, 0.05) is 55.9 Å². The fourth-order valence-corrected chi connectivity index (χ4v) is 6.60. The van der Waals surface area contributed by atoms with E-state index < -0.39 is 0 Å². The highest BCUT2D eigenvalue weighted by atomic mass is 16.5. The van der Waals surface area contributed by atoms with Crippen LogP contribution in [-0.2, 0) is 4.74 Å². The first-order valence-electron chi connectivity index (χ1n) is 15.8. The highest BCUT2D eigenvalue weighted by Crippen LogP contribution is 2.39. The quantitative estimate of drug-likeness (QED) is 0.231. The SMILES string of the molecule is CCCC1CCNCC1N(C)C(=O)c1ccc(-c2cc3nccc(-c4ccc(OC5CCOCC5)c(C#N)c4)c3o2)c(OC)c1. The average molecular weight is 609 g/mol. The Hall–Kier alpha value is -4.39. The van der Waals surface area contributed by atoms with Crippen molar-refractivity contribution < 1.29 is 23.4 Å². The zero-order valence-electron chi connectivity index (χ0n) is 26.2. The Morgan fingerprint density at radius 1 is 1.09 bits per heavy atom. The van der Waals surface area contributed by atoms with E-state index in [1.807, 2.05) is 54.4 Å². The maximum Gasteiger partial charge on any atom is 0.254 e. The number of hydrogen-bond donors (Lipinski definition) is 1. The monoisotopic (exact) mass is 608 g/mol. The maximum absolute atomic E-state index is 13.6. The number of carbonyl (C=O) groups is 1. The first kappa shape index (κ1) is 30.6. The first-order chi connectivity index (χ1) is 22.0. The van der Waals surface area contributed by atoms with E-state index >= 15 is 0 Å². The predicted molar refractivity (Wildman–Crippen MR) is 172 cm³/mol. The van der Waals surface area contributed by atoms with Gasteiger partial charge in [0.1, 0.15) is 34.9 Å². The molecule has 0 saturated carbocycles. The summed E-state index contributed by atoms with van der Waals surface area (Å²) >= 11 is 0. The van der Waals surface area contributed by atoms with Crippen molar-refractivity contribution in [3.8, 4) is 40.0 Å². The zero-order chi connectivity index (χ0) is 31.3. The summed E-state index contributed by atoms with van der Waals surface area (Å²) in [5.41, 5.74) is 4.68. The molecule has 2 unspecified atom stereocenters. The minimum absolute atomic E-state index is 0.0271. The van der Waals surface area contributed by atoms with Gasteiger partial charge in [-0.15, -0.1) is 0 Å². The third-order valence-electron chi connectivity index (χ3n) is 9.07. The number of piperidine rings is 1. The molecule has 2 saturated heterocycles. The van der Waals surface area contributed by atoms with Crippen molar-refractivity contribution in [3.63, 3.8) is 0 Å². The molecule has 2 atom stereocenters. The molecular weight excluding hydrogens is 568 g/mol. The lowest BCUT2D eigenvalue weighted by atomic mass is 9.87. The molecule has 9 nitrogen and oxygen atoms in total. The summed E-state index contributed by atoms with van der Waals surface area (Å²) in [7, 11) is 3.50. The fourth-order valence-electron chi connectivity index (χ4n) is 6.60. The molecule has 4 aromatic rings. The third kappa shape index (κ3) is 6.39. The second-order valence-corrected chi connectivity index (χ2v) is 11.9. The Kier molecular flexibility index (Phi) is 9.34. The molecule has 0 spiro atoms. The van der Waals surface area contributed by atoms with Gasteiger partial charge in [0.25, 0.3) is 5.91 Å². The molecule has 2 aliphatic rings. The number of fused-ring (bicyclic) bond motifs is 1. The standard InChI is InChI=1S/C36H40N4O5/c1-4-5-23-10-14-38-22-31(23)40(2)36(41)25-6-8-29(33(19-25)42-3)34-20-30-35(45-34)28(11-15-39-30)24-7-9-32(26(18-24)21-37)44-27-12-16-43-17-13-27/h6-9,11,15,18-20,23,27,31,38H,4-5,10,12-14,16-17,22H2,1-3H3. The number of carbonyl (C=O) groups excluding carboxylic acids is 1. The number of methoxy groups -OCH3 is 1. The van der Waals surface area contributed by atoms with Crippen LogP contribution in [0.4, 0.5) is 0 Å². The van der Waals surface area contributed by atoms with Crippen LogP contribution < -0.4 is 14.8 Å². The van der Waals surface area contributed by atoms with Gasteiger partial charge in [-0.25, -0.2) is 0 Å². The number of pyridine rings is 1. The Morgan fingerprint density at radius 2 is 1.93 bits per heavy atom. The zero-order valence-corrected chi connectivity index (χ0v) is 26.2. The lowest BCUT2D eigenvalue weighted by Crippen LogP contribution is -2.51. The van der Waals surface area contributed by atoms with Crippen LogP contribution in [0.25, 0.3) is 33.6 Å². The number of nitrogens with one attached hydrogen (secondary N) is 1. The largest absolute Gasteiger partial charge is 0.496 e. The smallest absolute Gasteiger partial charge is 0.254 e. The molecule has 1 N–H and O–H groups in total. The highest BCUT2D eigenvalue weighted by molar-refractivity contribution is 5.97. The minimum atomic E-state index is -0.0271. The van der Waals surface area contributed by atoms with Crippen LogP contribution in [0.1, 0.15) is 54.9 Å². The lowest BCUT2D eigenvalue weighted by molar-refractivity contribution is 0.0254. The van der Waals surface area contributed by atoms with Gasteiger partial charge in [0.2, 0.25) is 0 Å². The molecule has 2 aliphatic heterocycles. The fraction of sp³-hybridized carbons (Fsp3) is 0.417. The van der Waals surface area contributed by atoms with Crippen molar-refractivity contribution in [1.82, 2.24) is 15.2 Å². The van der Waals surface area contributed by atoms with E-state index in [-0.39, 0.29) is 18.1 Å². The summed E-state index contributed by atoms with van der Waals surface area (Å²) in [4.78, 5) is 20.0. The van der Waals surface area contributed by atoms with Crippen LogP contribution >= 0.6 is 0 Å². The van der Waals surface area contributed by atoms with Crippen LogP contribution in [0.3, 0.4) is 0 Å². The van der Waals surface area contributed by atoms with Gasteiger partial charge in [-0.3, -0.25) is 9.78 Å². The maximum atomic E-state index is 13.6.